The highest BCUT2D eigenvalue weighted by atomic mass is 32.2. The Morgan fingerprint density at radius 1 is 1.03 bits per heavy atom. The number of hydrogen-bond donors (Lipinski definition) is 1. The Labute approximate surface area is 189 Å². The molecule has 0 bridgehead atoms. The summed E-state index contributed by atoms with van der Waals surface area (Å²) in [5.74, 6) is -0.131. The topological polar surface area (TPSA) is 75.7 Å². The van der Waals surface area contributed by atoms with Crippen LogP contribution in [0.25, 0.3) is 0 Å². The van der Waals surface area contributed by atoms with E-state index in [0.29, 0.717) is 32.0 Å². The molecule has 1 atom stereocenters. The lowest BCUT2D eigenvalue weighted by Gasteiger charge is -2.26. The number of rotatable bonds is 6. The van der Waals surface area contributed by atoms with Crippen LogP contribution >= 0.6 is 11.8 Å². The second-order valence-corrected chi connectivity index (χ2v) is 11.9. The van der Waals surface area contributed by atoms with E-state index in [2.05, 4.69) is 38.2 Å². The van der Waals surface area contributed by atoms with E-state index in [1.54, 1.807) is 12.1 Å². The number of morpholine rings is 1. The van der Waals surface area contributed by atoms with E-state index < -0.39 is 10.0 Å². The fourth-order valence-corrected chi connectivity index (χ4v) is 5.46. The molecule has 1 saturated heterocycles. The summed E-state index contributed by atoms with van der Waals surface area (Å²) in [7, 11) is -3.54. The van der Waals surface area contributed by atoms with Crippen LogP contribution < -0.4 is 5.32 Å². The van der Waals surface area contributed by atoms with Gasteiger partial charge in [-0.15, -0.1) is 11.8 Å². The van der Waals surface area contributed by atoms with E-state index in [-0.39, 0.29) is 21.5 Å². The van der Waals surface area contributed by atoms with Gasteiger partial charge in [-0.1, -0.05) is 32.9 Å². The number of carbonyl (C=O) groups excluding carboxylic acids is 1. The summed E-state index contributed by atoms with van der Waals surface area (Å²) < 4.78 is 32.0. The number of benzene rings is 2. The molecule has 168 valence electrons. The van der Waals surface area contributed by atoms with Gasteiger partial charge in [0.1, 0.15) is 0 Å². The summed E-state index contributed by atoms with van der Waals surface area (Å²) in [6.45, 7) is 9.88. The van der Waals surface area contributed by atoms with E-state index in [9.17, 15) is 13.2 Å². The van der Waals surface area contributed by atoms with Gasteiger partial charge in [0.25, 0.3) is 0 Å². The Kier molecular flexibility index (Phi) is 7.47. The highest BCUT2D eigenvalue weighted by Gasteiger charge is 2.26. The molecule has 1 aliphatic rings. The average molecular weight is 463 g/mol. The summed E-state index contributed by atoms with van der Waals surface area (Å²) >= 11 is 1.49. The van der Waals surface area contributed by atoms with Crippen molar-refractivity contribution in [3.05, 3.63) is 54.1 Å². The number of ether oxygens (including phenoxy) is 1. The quantitative estimate of drug-likeness (QED) is 0.654. The number of thioether (sulfide) groups is 1. The second kappa shape index (κ2) is 9.73. The molecule has 0 saturated carbocycles. The van der Waals surface area contributed by atoms with Gasteiger partial charge in [0.05, 0.1) is 23.4 Å². The number of carbonyl (C=O) groups is 1. The van der Waals surface area contributed by atoms with Crippen LogP contribution in [0.2, 0.25) is 0 Å². The van der Waals surface area contributed by atoms with Crippen LogP contribution in [-0.2, 0) is 25.0 Å². The minimum atomic E-state index is -3.54. The Hall–Kier alpha value is -1.87. The molecule has 6 nitrogen and oxygen atoms in total. The fraction of sp³-hybridized carbons (Fsp3) is 0.435. The van der Waals surface area contributed by atoms with E-state index in [1.807, 2.05) is 19.1 Å². The monoisotopic (exact) mass is 462 g/mol. The Morgan fingerprint density at radius 2 is 1.61 bits per heavy atom. The first-order valence-corrected chi connectivity index (χ1v) is 12.7. The maximum Gasteiger partial charge on any atom is 0.243 e. The third kappa shape index (κ3) is 6.10. The maximum atomic E-state index is 12.7. The van der Waals surface area contributed by atoms with Crippen molar-refractivity contribution in [1.82, 2.24) is 4.31 Å². The molecule has 0 aromatic heterocycles. The van der Waals surface area contributed by atoms with Crippen LogP contribution in [0.4, 0.5) is 5.69 Å². The zero-order valence-electron chi connectivity index (χ0n) is 18.4. The highest BCUT2D eigenvalue weighted by Crippen LogP contribution is 2.28. The van der Waals surface area contributed by atoms with Crippen LogP contribution in [0.5, 0.6) is 0 Å². The van der Waals surface area contributed by atoms with E-state index in [1.165, 1.54) is 33.8 Å². The minimum absolute atomic E-state index is 0.0909. The molecule has 2 aromatic rings. The molecule has 2 aromatic carbocycles. The molecule has 1 N–H and O–H groups in total. The van der Waals surface area contributed by atoms with Crippen molar-refractivity contribution >= 4 is 33.4 Å². The lowest BCUT2D eigenvalue weighted by molar-refractivity contribution is -0.115. The van der Waals surface area contributed by atoms with Crippen LogP contribution in [0, 0.1) is 0 Å². The van der Waals surface area contributed by atoms with E-state index in [0.717, 1.165) is 4.90 Å². The van der Waals surface area contributed by atoms with Gasteiger partial charge in [0, 0.05) is 23.7 Å². The maximum absolute atomic E-state index is 12.7. The zero-order valence-corrected chi connectivity index (χ0v) is 20.1. The van der Waals surface area contributed by atoms with Crippen molar-refractivity contribution in [1.29, 1.82) is 0 Å². The fourth-order valence-electron chi connectivity index (χ4n) is 3.18. The lowest BCUT2D eigenvalue weighted by Crippen LogP contribution is -2.40. The number of amides is 1. The molecule has 1 fully saturated rings. The number of nitrogens with one attached hydrogen (secondary N) is 1. The normalized spacial score (nSPS) is 16.6. The van der Waals surface area contributed by atoms with Gasteiger partial charge in [0.15, 0.2) is 0 Å². The smallest absolute Gasteiger partial charge is 0.243 e. The average Bonchev–Trinajstić information content (AvgIpc) is 2.74. The molecular weight excluding hydrogens is 432 g/mol. The number of hydrogen-bond acceptors (Lipinski definition) is 5. The third-order valence-corrected chi connectivity index (χ3v) is 8.16. The largest absolute Gasteiger partial charge is 0.379 e. The van der Waals surface area contributed by atoms with Gasteiger partial charge in [0.2, 0.25) is 15.9 Å². The Balaban J connectivity index is 1.59. The second-order valence-electron chi connectivity index (χ2n) is 8.56. The van der Waals surface area contributed by atoms with Gasteiger partial charge in [-0.25, -0.2) is 8.42 Å². The van der Waals surface area contributed by atoms with Crippen molar-refractivity contribution in [3.63, 3.8) is 0 Å². The first-order chi connectivity index (χ1) is 14.6. The number of nitrogens with zero attached hydrogens (tertiary/aromatic N) is 1. The van der Waals surface area contributed by atoms with Crippen LogP contribution in [-0.4, -0.2) is 50.2 Å². The first-order valence-electron chi connectivity index (χ1n) is 10.3. The standard InChI is InChI=1S/C23H30N2O4S2/c1-17(30-20-9-5-18(6-10-20)23(2,3)4)22(26)24-19-7-11-21(12-8-19)31(27,28)25-13-15-29-16-14-25/h5-12,17H,13-16H2,1-4H3,(H,24,26). The van der Waals surface area contributed by atoms with Crippen molar-refractivity contribution in [2.45, 2.75) is 48.2 Å². The summed E-state index contributed by atoms with van der Waals surface area (Å²) in [4.78, 5) is 13.8. The van der Waals surface area contributed by atoms with Gasteiger partial charge in [-0.05, 0) is 54.3 Å². The number of anilines is 1. The molecule has 3 rings (SSSR count). The summed E-state index contributed by atoms with van der Waals surface area (Å²) in [6.07, 6.45) is 0. The lowest BCUT2D eigenvalue weighted by atomic mass is 9.87. The predicted molar refractivity (Wildman–Crippen MR) is 125 cm³/mol. The van der Waals surface area contributed by atoms with Crippen LogP contribution in [0.3, 0.4) is 0 Å². The number of sulfonamides is 1. The van der Waals surface area contributed by atoms with Crippen molar-refractivity contribution < 1.29 is 17.9 Å². The van der Waals surface area contributed by atoms with Crippen molar-refractivity contribution in [3.8, 4) is 0 Å². The Bertz CT molecular complexity index is 991. The Morgan fingerprint density at radius 3 is 2.16 bits per heavy atom. The summed E-state index contributed by atoms with van der Waals surface area (Å²) in [6, 6.07) is 14.6. The molecule has 8 heteroatoms. The van der Waals surface area contributed by atoms with Gasteiger partial charge in [-0.2, -0.15) is 4.31 Å². The van der Waals surface area contributed by atoms with Crippen LogP contribution in [0.1, 0.15) is 33.3 Å². The molecule has 0 aliphatic carbocycles. The van der Waals surface area contributed by atoms with Gasteiger partial charge in [-0.3, -0.25) is 4.79 Å². The highest BCUT2D eigenvalue weighted by molar-refractivity contribution is 8.00. The molecule has 1 heterocycles. The summed E-state index contributed by atoms with van der Waals surface area (Å²) in [5, 5.41) is 2.57. The van der Waals surface area contributed by atoms with Crippen LogP contribution in [0.15, 0.2) is 58.3 Å². The zero-order chi connectivity index (χ0) is 22.6. The molecular formula is C23H30N2O4S2. The SMILES string of the molecule is CC(Sc1ccc(C(C)(C)C)cc1)C(=O)Nc1ccc(S(=O)(=O)N2CCOCC2)cc1. The molecule has 1 amide bonds. The molecule has 1 aliphatic heterocycles. The molecule has 1 unspecified atom stereocenters. The predicted octanol–water partition coefficient (Wildman–Crippen LogP) is 4.12. The van der Waals surface area contributed by atoms with Crippen molar-refractivity contribution in [2.24, 2.45) is 0 Å². The summed E-state index contributed by atoms with van der Waals surface area (Å²) in [5.41, 5.74) is 1.91. The van der Waals surface area contributed by atoms with Gasteiger partial charge < -0.3 is 10.1 Å². The molecule has 0 radical (unpaired) electrons. The van der Waals surface area contributed by atoms with Gasteiger partial charge >= 0.3 is 0 Å². The first kappa shape index (κ1) is 23.8. The molecule has 31 heavy (non-hydrogen) atoms. The van der Waals surface area contributed by atoms with E-state index in [4.69, 9.17) is 4.74 Å². The third-order valence-electron chi connectivity index (χ3n) is 5.13. The minimum Gasteiger partial charge on any atom is -0.379 e. The van der Waals surface area contributed by atoms with E-state index >= 15 is 0 Å². The molecule has 0 spiro atoms. The van der Waals surface area contributed by atoms with Crippen molar-refractivity contribution in [2.75, 3.05) is 31.6 Å².